The molecule has 1 aromatic carbocycles. The molecule has 3 heterocycles. The van der Waals surface area contributed by atoms with Crippen molar-refractivity contribution < 1.29 is 19.7 Å². The van der Waals surface area contributed by atoms with E-state index < -0.39 is 42.3 Å². The Labute approximate surface area is 189 Å². The number of aryl methyl sites for hydroxylation is 1. The van der Waals surface area contributed by atoms with Gasteiger partial charge in [0.2, 0.25) is 0 Å². The number of rotatable bonds is 6. The van der Waals surface area contributed by atoms with E-state index >= 15 is 0 Å². The SMILES string of the molecule is Cc1cn([C@@H]2O[C@H](CO)[C@@H](O)[C@H]2n2cc(COc3ccccc3I)nn2)c(=O)[nH]c1=O. The predicted molar refractivity (Wildman–Crippen MR) is 116 cm³/mol. The summed E-state index contributed by atoms with van der Waals surface area (Å²) in [7, 11) is 0. The van der Waals surface area contributed by atoms with E-state index in [1.54, 1.807) is 13.1 Å². The maximum absolute atomic E-state index is 12.4. The summed E-state index contributed by atoms with van der Waals surface area (Å²) in [6.45, 7) is 1.24. The molecule has 0 aliphatic carbocycles. The van der Waals surface area contributed by atoms with Gasteiger partial charge in [0.25, 0.3) is 5.56 Å². The zero-order valence-corrected chi connectivity index (χ0v) is 18.5. The summed E-state index contributed by atoms with van der Waals surface area (Å²) in [5.74, 6) is 0.704. The third-order valence-corrected chi connectivity index (χ3v) is 5.90. The number of aliphatic hydroxyl groups excluding tert-OH is 2. The lowest BCUT2D eigenvalue weighted by atomic mass is 10.1. The Balaban J connectivity index is 1.62. The summed E-state index contributed by atoms with van der Waals surface area (Å²) in [6.07, 6.45) is -0.183. The van der Waals surface area contributed by atoms with E-state index in [1.165, 1.54) is 15.4 Å². The zero-order valence-electron chi connectivity index (χ0n) is 16.4. The quantitative estimate of drug-likeness (QED) is 0.373. The number of aromatic amines is 1. The van der Waals surface area contributed by atoms with Crippen molar-refractivity contribution in [3.8, 4) is 5.75 Å². The average molecular weight is 541 g/mol. The molecule has 4 rings (SSSR count). The lowest BCUT2D eigenvalue weighted by Crippen LogP contribution is -2.37. The van der Waals surface area contributed by atoms with Crippen LogP contribution in [0.2, 0.25) is 0 Å². The van der Waals surface area contributed by atoms with Crippen LogP contribution in [0.3, 0.4) is 0 Å². The molecule has 0 amide bonds. The highest BCUT2D eigenvalue weighted by molar-refractivity contribution is 14.1. The fourth-order valence-corrected chi connectivity index (χ4v) is 3.95. The van der Waals surface area contributed by atoms with Crippen molar-refractivity contribution in [3.63, 3.8) is 0 Å². The number of ether oxygens (including phenoxy) is 2. The van der Waals surface area contributed by atoms with Crippen LogP contribution in [0.4, 0.5) is 0 Å². The molecule has 1 aliphatic heterocycles. The van der Waals surface area contributed by atoms with E-state index in [0.29, 0.717) is 17.0 Å². The van der Waals surface area contributed by atoms with Gasteiger partial charge in [-0.2, -0.15) is 0 Å². The number of nitrogens with one attached hydrogen (secondary N) is 1. The first-order chi connectivity index (χ1) is 14.9. The number of aliphatic hydroxyl groups is 2. The van der Waals surface area contributed by atoms with Crippen LogP contribution in [0, 0.1) is 10.5 Å². The first-order valence-electron chi connectivity index (χ1n) is 9.43. The average Bonchev–Trinajstić information content (AvgIpc) is 3.34. The Morgan fingerprint density at radius 1 is 1.29 bits per heavy atom. The molecule has 0 bridgehead atoms. The van der Waals surface area contributed by atoms with E-state index in [4.69, 9.17) is 9.47 Å². The maximum Gasteiger partial charge on any atom is 0.330 e. The summed E-state index contributed by atoms with van der Waals surface area (Å²) in [5, 5.41) is 28.4. The summed E-state index contributed by atoms with van der Waals surface area (Å²) >= 11 is 2.17. The molecule has 3 aromatic rings. The fourth-order valence-electron chi connectivity index (χ4n) is 3.41. The first-order valence-corrected chi connectivity index (χ1v) is 10.5. The number of H-pyrrole nitrogens is 1. The number of nitrogens with zero attached hydrogens (tertiary/aromatic N) is 4. The second-order valence-corrected chi connectivity index (χ2v) is 8.28. The summed E-state index contributed by atoms with van der Waals surface area (Å²) in [6, 6.07) is 6.67. The number of aromatic nitrogens is 5. The molecule has 0 spiro atoms. The lowest BCUT2D eigenvalue weighted by molar-refractivity contribution is -0.0480. The molecular weight excluding hydrogens is 521 g/mol. The Kier molecular flexibility index (Phi) is 6.22. The molecule has 1 saturated heterocycles. The molecule has 4 atom stereocenters. The Hall–Kier alpha value is -2.55. The smallest absolute Gasteiger partial charge is 0.330 e. The van der Waals surface area contributed by atoms with E-state index in [1.807, 2.05) is 24.3 Å². The molecule has 11 nitrogen and oxygen atoms in total. The molecule has 0 saturated carbocycles. The van der Waals surface area contributed by atoms with Gasteiger partial charge in [-0.25, -0.2) is 9.48 Å². The van der Waals surface area contributed by atoms with Gasteiger partial charge in [-0.05, 0) is 41.6 Å². The first kappa shape index (κ1) is 21.7. The number of hydrogen-bond donors (Lipinski definition) is 3. The molecular formula is C19H20IN5O6. The van der Waals surface area contributed by atoms with Crippen LogP contribution in [-0.4, -0.2) is 53.6 Å². The highest BCUT2D eigenvalue weighted by Crippen LogP contribution is 2.37. The van der Waals surface area contributed by atoms with Gasteiger partial charge in [0, 0.05) is 11.8 Å². The lowest BCUT2D eigenvalue weighted by Gasteiger charge is -2.21. The number of benzene rings is 1. The third-order valence-electron chi connectivity index (χ3n) is 5.01. The van der Waals surface area contributed by atoms with Gasteiger partial charge in [-0.15, -0.1) is 5.10 Å². The van der Waals surface area contributed by atoms with Crippen molar-refractivity contribution in [2.45, 2.75) is 38.0 Å². The molecule has 1 fully saturated rings. The van der Waals surface area contributed by atoms with Crippen molar-refractivity contribution in [1.29, 1.82) is 0 Å². The molecule has 0 radical (unpaired) electrons. The fraction of sp³-hybridized carbons (Fsp3) is 0.368. The van der Waals surface area contributed by atoms with Gasteiger partial charge >= 0.3 is 5.69 Å². The standard InChI is InChI=1S/C19H20IN5O6/c1-10-6-24(19(29)21-17(10)28)18-15(16(27)14(8-26)31-18)25-7-11(22-23-25)9-30-13-5-3-2-4-12(13)20/h2-7,14-16,18,26-27H,8-9H2,1H3,(H,21,28,29)/t14-,15-,16-,18-/m1/s1. The van der Waals surface area contributed by atoms with Crippen LogP contribution >= 0.6 is 22.6 Å². The summed E-state index contributed by atoms with van der Waals surface area (Å²) in [5.41, 5.74) is -0.401. The summed E-state index contributed by atoms with van der Waals surface area (Å²) in [4.78, 5) is 26.3. The van der Waals surface area contributed by atoms with Gasteiger partial charge in [-0.1, -0.05) is 17.3 Å². The van der Waals surface area contributed by atoms with Crippen LogP contribution in [0.25, 0.3) is 0 Å². The molecule has 12 heteroatoms. The highest BCUT2D eigenvalue weighted by atomic mass is 127. The minimum Gasteiger partial charge on any atom is -0.486 e. The van der Waals surface area contributed by atoms with Crippen molar-refractivity contribution in [2.75, 3.05) is 6.61 Å². The third kappa shape index (κ3) is 4.28. The number of halogens is 1. The van der Waals surface area contributed by atoms with E-state index in [-0.39, 0.29) is 6.61 Å². The van der Waals surface area contributed by atoms with Crippen molar-refractivity contribution in [3.05, 3.63) is 72.3 Å². The normalized spacial score (nSPS) is 23.2. The Morgan fingerprint density at radius 2 is 2.06 bits per heavy atom. The van der Waals surface area contributed by atoms with Crippen molar-refractivity contribution in [2.24, 2.45) is 0 Å². The van der Waals surface area contributed by atoms with Crippen LogP contribution < -0.4 is 16.0 Å². The summed E-state index contributed by atoms with van der Waals surface area (Å²) < 4.78 is 15.0. The molecule has 3 N–H and O–H groups in total. The molecule has 164 valence electrons. The molecule has 2 aromatic heterocycles. The predicted octanol–water partition coefficient (Wildman–Crippen LogP) is 0.112. The minimum atomic E-state index is -1.17. The number of para-hydroxylation sites is 1. The molecule has 1 aliphatic rings. The van der Waals surface area contributed by atoms with Crippen molar-refractivity contribution >= 4 is 22.6 Å². The second kappa shape index (κ2) is 8.90. The van der Waals surface area contributed by atoms with Crippen LogP contribution in [0.15, 0.2) is 46.2 Å². The van der Waals surface area contributed by atoms with Gasteiger partial charge in [0.15, 0.2) is 6.23 Å². The zero-order chi connectivity index (χ0) is 22.1. The highest BCUT2D eigenvalue weighted by Gasteiger charge is 2.46. The maximum atomic E-state index is 12.4. The van der Waals surface area contributed by atoms with Crippen LogP contribution in [0.5, 0.6) is 5.75 Å². The monoisotopic (exact) mass is 541 g/mol. The van der Waals surface area contributed by atoms with E-state index in [2.05, 4.69) is 37.9 Å². The Morgan fingerprint density at radius 3 is 2.81 bits per heavy atom. The minimum absolute atomic E-state index is 0.148. The Bertz CT molecular complexity index is 1190. The topological polar surface area (TPSA) is 144 Å². The van der Waals surface area contributed by atoms with Gasteiger partial charge in [0.1, 0.15) is 36.3 Å². The van der Waals surface area contributed by atoms with Gasteiger partial charge < -0.3 is 19.7 Å². The van der Waals surface area contributed by atoms with Crippen LogP contribution in [0.1, 0.15) is 23.5 Å². The van der Waals surface area contributed by atoms with Gasteiger partial charge in [0.05, 0.1) is 16.4 Å². The van der Waals surface area contributed by atoms with Crippen molar-refractivity contribution in [1.82, 2.24) is 24.5 Å². The van der Waals surface area contributed by atoms with E-state index in [0.717, 1.165) is 3.57 Å². The van der Waals surface area contributed by atoms with Gasteiger partial charge in [-0.3, -0.25) is 14.3 Å². The van der Waals surface area contributed by atoms with Crippen LogP contribution in [-0.2, 0) is 11.3 Å². The van der Waals surface area contributed by atoms with E-state index in [9.17, 15) is 19.8 Å². The molecule has 0 unspecified atom stereocenters. The largest absolute Gasteiger partial charge is 0.486 e. The number of hydrogen-bond acceptors (Lipinski definition) is 8. The second-order valence-electron chi connectivity index (χ2n) is 7.12. The molecule has 31 heavy (non-hydrogen) atoms.